The quantitative estimate of drug-likeness (QED) is 0.826. The predicted octanol–water partition coefficient (Wildman–Crippen LogP) is 1.32. The number of aliphatic hydroxyl groups is 2. The Morgan fingerprint density at radius 3 is 2.59 bits per heavy atom. The third-order valence-electron chi connectivity index (χ3n) is 3.46. The first-order valence-electron chi connectivity index (χ1n) is 6.11. The Morgan fingerprint density at radius 2 is 2.00 bits per heavy atom. The normalized spacial score (nSPS) is 26.1. The van der Waals surface area contributed by atoms with Crippen LogP contribution < -0.4 is 0 Å². The number of carbonyl (C=O) groups is 1. The first kappa shape index (κ1) is 12.3. The van der Waals surface area contributed by atoms with E-state index in [1.54, 1.807) is 0 Å². The van der Waals surface area contributed by atoms with Crippen molar-refractivity contribution in [1.82, 2.24) is 0 Å². The van der Waals surface area contributed by atoms with Crippen molar-refractivity contribution in [3.63, 3.8) is 0 Å². The Hall–Kier alpha value is -1.19. The lowest BCUT2D eigenvalue weighted by atomic mass is 9.93. The second kappa shape index (κ2) is 5.43. The summed E-state index contributed by atoms with van der Waals surface area (Å²) in [6.07, 6.45) is 0.768. The standard InChI is InChI=1S/C14H18O3/c15-11(14-12(16)8-9-13(14)17)7-6-10-4-2-1-3-5-10/h1-5,11-12,14-16H,6-9H2/t11-,12-,14-/m0/s1. The Labute approximate surface area is 101 Å². The predicted molar refractivity (Wildman–Crippen MR) is 64.5 cm³/mol. The highest BCUT2D eigenvalue weighted by atomic mass is 16.3. The first-order chi connectivity index (χ1) is 8.18. The summed E-state index contributed by atoms with van der Waals surface area (Å²) in [4.78, 5) is 11.5. The van der Waals surface area contributed by atoms with Gasteiger partial charge in [0.15, 0.2) is 0 Å². The summed E-state index contributed by atoms with van der Waals surface area (Å²) in [6, 6.07) is 9.86. The number of Topliss-reactive ketones (excluding diaryl/α,β-unsaturated/α-hetero) is 1. The Morgan fingerprint density at radius 1 is 1.29 bits per heavy atom. The molecule has 0 aliphatic heterocycles. The fraction of sp³-hybridized carbons (Fsp3) is 0.500. The lowest BCUT2D eigenvalue weighted by molar-refractivity contribution is -0.126. The summed E-state index contributed by atoms with van der Waals surface area (Å²) >= 11 is 0. The number of ketones is 1. The Balaban J connectivity index is 1.89. The van der Waals surface area contributed by atoms with E-state index in [-0.39, 0.29) is 5.78 Å². The van der Waals surface area contributed by atoms with Crippen LogP contribution in [0.5, 0.6) is 0 Å². The lowest BCUT2D eigenvalue weighted by Crippen LogP contribution is -2.32. The molecule has 0 heterocycles. The summed E-state index contributed by atoms with van der Waals surface area (Å²) in [5.41, 5.74) is 1.14. The third-order valence-corrected chi connectivity index (χ3v) is 3.46. The molecular formula is C14H18O3. The van der Waals surface area contributed by atoms with Crippen LogP contribution in [0.3, 0.4) is 0 Å². The molecule has 0 radical (unpaired) electrons. The number of hydrogen-bond acceptors (Lipinski definition) is 3. The van der Waals surface area contributed by atoms with Crippen molar-refractivity contribution >= 4 is 5.78 Å². The molecule has 92 valence electrons. The van der Waals surface area contributed by atoms with Crippen LogP contribution in [-0.4, -0.2) is 28.2 Å². The molecule has 1 aliphatic carbocycles. The molecule has 0 unspecified atom stereocenters. The number of rotatable bonds is 4. The van der Waals surface area contributed by atoms with Gasteiger partial charge in [-0.2, -0.15) is 0 Å². The van der Waals surface area contributed by atoms with Gasteiger partial charge in [0.2, 0.25) is 0 Å². The minimum absolute atomic E-state index is 0.00179. The van der Waals surface area contributed by atoms with Gasteiger partial charge in [-0.15, -0.1) is 0 Å². The maximum atomic E-state index is 11.5. The van der Waals surface area contributed by atoms with E-state index in [9.17, 15) is 15.0 Å². The first-order valence-corrected chi connectivity index (χ1v) is 6.11. The molecule has 1 aromatic carbocycles. The van der Waals surface area contributed by atoms with E-state index < -0.39 is 18.1 Å². The monoisotopic (exact) mass is 234 g/mol. The van der Waals surface area contributed by atoms with E-state index in [0.717, 1.165) is 12.0 Å². The Bertz CT molecular complexity index is 374. The Kier molecular flexibility index (Phi) is 3.92. The van der Waals surface area contributed by atoms with Crippen molar-refractivity contribution < 1.29 is 15.0 Å². The summed E-state index contributed by atoms with van der Waals surface area (Å²) in [7, 11) is 0. The highest BCUT2D eigenvalue weighted by molar-refractivity contribution is 5.84. The smallest absolute Gasteiger partial charge is 0.141 e. The van der Waals surface area contributed by atoms with Gasteiger partial charge >= 0.3 is 0 Å². The van der Waals surface area contributed by atoms with Crippen molar-refractivity contribution in [3.8, 4) is 0 Å². The molecule has 0 saturated heterocycles. The molecule has 2 rings (SSSR count). The molecule has 3 nitrogen and oxygen atoms in total. The minimum atomic E-state index is -0.722. The highest BCUT2D eigenvalue weighted by Gasteiger charge is 2.38. The minimum Gasteiger partial charge on any atom is -0.392 e. The molecule has 17 heavy (non-hydrogen) atoms. The molecule has 2 N–H and O–H groups in total. The molecule has 1 aliphatic rings. The fourth-order valence-electron chi connectivity index (χ4n) is 2.46. The second-order valence-electron chi connectivity index (χ2n) is 4.69. The summed E-state index contributed by atoms with van der Waals surface area (Å²) in [5, 5.41) is 19.6. The lowest BCUT2D eigenvalue weighted by Gasteiger charge is -2.19. The van der Waals surface area contributed by atoms with E-state index in [1.807, 2.05) is 30.3 Å². The average Bonchev–Trinajstić information content (AvgIpc) is 2.67. The summed E-state index contributed by atoms with van der Waals surface area (Å²) < 4.78 is 0. The molecule has 0 spiro atoms. The molecular weight excluding hydrogens is 216 g/mol. The van der Waals surface area contributed by atoms with Gasteiger partial charge in [0.1, 0.15) is 5.78 Å². The number of hydrogen-bond donors (Lipinski definition) is 2. The van der Waals surface area contributed by atoms with E-state index >= 15 is 0 Å². The maximum absolute atomic E-state index is 11.5. The van der Waals surface area contributed by atoms with Crippen LogP contribution in [0.4, 0.5) is 0 Å². The van der Waals surface area contributed by atoms with E-state index in [0.29, 0.717) is 19.3 Å². The van der Waals surface area contributed by atoms with Crippen molar-refractivity contribution in [2.24, 2.45) is 5.92 Å². The van der Waals surface area contributed by atoms with Crippen LogP contribution in [0, 0.1) is 5.92 Å². The maximum Gasteiger partial charge on any atom is 0.141 e. The molecule has 3 heteroatoms. The molecule has 3 atom stereocenters. The molecule has 1 fully saturated rings. The zero-order valence-corrected chi connectivity index (χ0v) is 9.75. The summed E-state index contributed by atoms with van der Waals surface area (Å²) in [5.74, 6) is -0.572. The van der Waals surface area contributed by atoms with Crippen LogP contribution in [0.2, 0.25) is 0 Å². The van der Waals surface area contributed by atoms with Gasteiger partial charge in [-0.1, -0.05) is 30.3 Å². The van der Waals surface area contributed by atoms with E-state index in [1.165, 1.54) is 0 Å². The average molecular weight is 234 g/mol. The highest BCUT2D eigenvalue weighted by Crippen LogP contribution is 2.27. The summed E-state index contributed by atoms with van der Waals surface area (Å²) in [6.45, 7) is 0. The van der Waals surface area contributed by atoms with Crippen molar-refractivity contribution in [3.05, 3.63) is 35.9 Å². The van der Waals surface area contributed by atoms with Crippen LogP contribution in [0.15, 0.2) is 30.3 Å². The van der Waals surface area contributed by atoms with Crippen LogP contribution in [0.25, 0.3) is 0 Å². The molecule has 0 aromatic heterocycles. The van der Waals surface area contributed by atoms with Gasteiger partial charge in [0.25, 0.3) is 0 Å². The van der Waals surface area contributed by atoms with Gasteiger partial charge in [-0.3, -0.25) is 4.79 Å². The number of aryl methyl sites for hydroxylation is 1. The van der Waals surface area contributed by atoms with Crippen LogP contribution in [0.1, 0.15) is 24.8 Å². The SMILES string of the molecule is O=C1CC[C@H](O)[C@@H]1[C@@H](O)CCc1ccccc1. The largest absolute Gasteiger partial charge is 0.392 e. The molecule has 0 amide bonds. The van der Waals surface area contributed by atoms with Crippen LogP contribution >= 0.6 is 0 Å². The third kappa shape index (κ3) is 2.93. The van der Waals surface area contributed by atoms with Crippen molar-refractivity contribution in [1.29, 1.82) is 0 Å². The van der Waals surface area contributed by atoms with Gasteiger partial charge in [0, 0.05) is 6.42 Å². The fourth-order valence-corrected chi connectivity index (χ4v) is 2.46. The van der Waals surface area contributed by atoms with Gasteiger partial charge in [-0.05, 0) is 24.8 Å². The number of carbonyl (C=O) groups excluding carboxylic acids is 1. The zero-order chi connectivity index (χ0) is 12.3. The van der Waals surface area contributed by atoms with E-state index in [4.69, 9.17) is 0 Å². The zero-order valence-electron chi connectivity index (χ0n) is 9.75. The van der Waals surface area contributed by atoms with Crippen molar-refractivity contribution in [2.45, 2.75) is 37.9 Å². The van der Waals surface area contributed by atoms with Gasteiger partial charge < -0.3 is 10.2 Å². The van der Waals surface area contributed by atoms with Gasteiger partial charge in [-0.25, -0.2) is 0 Å². The second-order valence-corrected chi connectivity index (χ2v) is 4.69. The molecule has 1 saturated carbocycles. The molecule has 0 bridgehead atoms. The number of aliphatic hydroxyl groups excluding tert-OH is 2. The van der Waals surface area contributed by atoms with Crippen LogP contribution in [-0.2, 0) is 11.2 Å². The van der Waals surface area contributed by atoms with E-state index in [2.05, 4.69) is 0 Å². The van der Waals surface area contributed by atoms with Gasteiger partial charge in [0.05, 0.1) is 18.1 Å². The molecule has 1 aromatic rings. The van der Waals surface area contributed by atoms with Crippen molar-refractivity contribution in [2.75, 3.05) is 0 Å². The topological polar surface area (TPSA) is 57.5 Å². The number of benzene rings is 1.